The Kier molecular flexibility index (Phi) is 2.77. The van der Waals surface area contributed by atoms with Gasteiger partial charge in [0.05, 0.1) is 11.6 Å². The minimum Gasteiger partial charge on any atom is -0.361 e. The Balaban J connectivity index is 2.05. The number of aromatic nitrogens is 3. The molecule has 78 valence electrons. The minimum absolute atomic E-state index is 0.210. The van der Waals surface area contributed by atoms with Crippen LogP contribution < -0.4 is 10.9 Å². The predicted molar refractivity (Wildman–Crippen MR) is 59.0 cm³/mol. The van der Waals surface area contributed by atoms with Crippen LogP contribution in [0.25, 0.3) is 0 Å². The third-order valence-electron chi connectivity index (χ3n) is 1.81. The minimum atomic E-state index is -0.210. The van der Waals surface area contributed by atoms with E-state index in [1.54, 1.807) is 23.7 Å². The zero-order valence-electron chi connectivity index (χ0n) is 8.15. The number of aromatic amines is 1. The first kappa shape index (κ1) is 9.85. The van der Waals surface area contributed by atoms with Crippen LogP contribution in [0.1, 0.15) is 9.88 Å². The molecule has 0 bridgehead atoms. The first-order valence-electron chi connectivity index (χ1n) is 4.44. The van der Waals surface area contributed by atoms with E-state index >= 15 is 0 Å². The zero-order valence-corrected chi connectivity index (χ0v) is 8.97. The standard InChI is InChI=1S/C9H10N4OS/c1-6-12-4-7(15-6)5-13-8-9(14)11-3-2-10-8/h2-4H,5H2,1H3,(H,10,13)(H,11,14). The number of rotatable bonds is 3. The first-order chi connectivity index (χ1) is 7.25. The van der Waals surface area contributed by atoms with Crippen molar-refractivity contribution < 1.29 is 0 Å². The van der Waals surface area contributed by atoms with Crippen molar-refractivity contribution in [3.05, 3.63) is 38.8 Å². The van der Waals surface area contributed by atoms with Crippen LogP contribution in [-0.4, -0.2) is 15.0 Å². The van der Waals surface area contributed by atoms with Gasteiger partial charge in [0.1, 0.15) is 0 Å². The van der Waals surface area contributed by atoms with E-state index in [4.69, 9.17) is 0 Å². The van der Waals surface area contributed by atoms with Gasteiger partial charge in [-0.1, -0.05) is 0 Å². The molecule has 0 spiro atoms. The fourth-order valence-electron chi connectivity index (χ4n) is 1.14. The molecule has 6 heteroatoms. The van der Waals surface area contributed by atoms with Gasteiger partial charge in [0.25, 0.3) is 5.56 Å². The predicted octanol–water partition coefficient (Wildman–Crippen LogP) is 1.15. The molecule has 0 aliphatic rings. The molecular weight excluding hydrogens is 212 g/mol. The summed E-state index contributed by atoms with van der Waals surface area (Å²) in [7, 11) is 0. The summed E-state index contributed by atoms with van der Waals surface area (Å²) in [5.41, 5.74) is -0.210. The summed E-state index contributed by atoms with van der Waals surface area (Å²) in [6.45, 7) is 2.52. The van der Waals surface area contributed by atoms with Crippen molar-refractivity contribution in [1.82, 2.24) is 15.0 Å². The highest BCUT2D eigenvalue weighted by Crippen LogP contribution is 2.11. The molecule has 0 unspecified atom stereocenters. The highest BCUT2D eigenvalue weighted by atomic mass is 32.1. The highest BCUT2D eigenvalue weighted by Gasteiger charge is 2.01. The Hall–Kier alpha value is -1.69. The van der Waals surface area contributed by atoms with E-state index in [-0.39, 0.29) is 5.56 Å². The Bertz CT molecular complexity index is 505. The fourth-order valence-corrected chi connectivity index (χ4v) is 1.87. The van der Waals surface area contributed by atoms with Crippen LogP contribution in [0.15, 0.2) is 23.4 Å². The van der Waals surface area contributed by atoms with Gasteiger partial charge in [0, 0.05) is 23.5 Å². The van der Waals surface area contributed by atoms with Crippen molar-refractivity contribution in [2.24, 2.45) is 0 Å². The highest BCUT2D eigenvalue weighted by molar-refractivity contribution is 7.11. The maximum absolute atomic E-state index is 11.3. The van der Waals surface area contributed by atoms with Crippen LogP contribution in [0.2, 0.25) is 0 Å². The second-order valence-electron chi connectivity index (χ2n) is 2.97. The summed E-state index contributed by atoms with van der Waals surface area (Å²) in [5.74, 6) is 0.337. The van der Waals surface area contributed by atoms with Crippen LogP contribution in [0.3, 0.4) is 0 Å². The summed E-state index contributed by atoms with van der Waals surface area (Å²) in [4.78, 5) is 22.9. The fraction of sp³-hybridized carbons (Fsp3) is 0.222. The Labute approximate surface area is 90.2 Å². The first-order valence-corrected chi connectivity index (χ1v) is 5.26. The molecule has 0 saturated heterocycles. The summed E-state index contributed by atoms with van der Waals surface area (Å²) >= 11 is 1.60. The zero-order chi connectivity index (χ0) is 10.7. The van der Waals surface area contributed by atoms with Gasteiger partial charge in [-0.25, -0.2) is 9.97 Å². The second kappa shape index (κ2) is 4.22. The second-order valence-corrected chi connectivity index (χ2v) is 4.29. The molecule has 0 aromatic carbocycles. The van der Waals surface area contributed by atoms with Gasteiger partial charge in [-0.2, -0.15) is 0 Å². The lowest BCUT2D eigenvalue weighted by molar-refractivity contribution is 1.07. The Morgan fingerprint density at radius 3 is 3.07 bits per heavy atom. The summed E-state index contributed by atoms with van der Waals surface area (Å²) in [6.07, 6.45) is 4.84. The summed E-state index contributed by atoms with van der Waals surface area (Å²) in [6, 6.07) is 0. The average molecular weight is 222 g/mol. The molecule has 2 rings (SSSR count). The van der Waals surface area contributed by atoms with Crippen LogP contribution in [0, 0.1) is 6.92 Å². The molecule has 0 amide bonds. The molecule has 0 atom stereocenters. The lowest BCUT2D eigenvalue weighted by atomic mass is 10.5. The van der Waals surface area contributed by atoms with Crippen molar-refractivity contribution in [2.45, 2.75) is 13.5 Å². The van der Waals surface area contributed by atoms with Crippen molar-refractivity contribution >= 4 is 17.2 Å². The van der Waals surface area contributed by atoms with Gasteiger partial charge in [0.2, 0.25) is 0 Å². The number of hydrogen-bond donors (Lipinski definition) is 2. The number of thiazole rings is 1. The average Bonchev–Trinajstić information content (AvgIpc) is 2.63. The monoisotopic (exact) mass is 222 g/mol. The van der Waals surface area contributed by atoms with Crippen molar-refractivity contribution in [1.29, 1.82) is 0 Å². The SMILES string of the molecule is Cc1ncc(CNc2ncc[nH]c2=O)s1. The lowest BCUT2D eigenvalue weighted by Gasteiger charge is -2.00. The maximum atomic E-state index is 11.3. The van der Waals surface area contributed by atoms with E-state index < -0.39 is 0 Å². The number of nitrogens with zero attached hydrogens (tertiary/aromatic N) is 2. The topological polar surface area (TPSA) is 70.7 Å². The molecule has 0 aliphatic heterocycles. The molecule has 0 radical (unpaired) electrons. The summed E-state index contributed by atoms with van der Waals surface area (Å²) in [5, 5.41) is 3.97. The number of H-pyrrole nitrogens is 1. The van der Waals surface area contributed by atoms with Crippen molar-refractivity contribution in [3.8, 4) is 0 Å². The molecule has 5 nitrogen and oxygen atoms in total. The smallest absolute Gasteiger partial charge is 0.290 e. The van der Waals surface area contributed by atoms with Gasteiger partial charge >= 0.3 is 0 Å². The van der Waals surface area contributed by atoms with E-state index in [2.05, 4.69) is 20.3 Å². The Morgan fingerprint density at radius 1 is 1.53 bits per heavy atom. The summed E-state index contributed by atoms with van der Waals surface area (Å²) < 4.78 is 0. The third kappa shape index (κ3) is 2.41. The number of hydrogen-bond acceptors (Lipinski definition) is 5. The van der Waals surface area contributed by atoms with Gasteiger partial charge < -0.3 is 10.3 Å². The van der Waals surface area contributed by atoms with Crippen LogP contribution >= 0.6 is 11.3 Å². The molecule has 2 heterocycles. The molecule has 2 aromatic rings. The molecule has 15 heavy (non-hydrogen) atoms. The van der Waals surface area contributed by atoms with E-state index in [1.807, 2.05) is 6.92 Å². The molecular formula is C9H10N4OS. The molecule has 0 fully saturated rings. The van der Waals surface area contributed by atoms with E-state index in [0.29, 0.717) is 12.4 Å². The quantitative estimate of drug-likeness (QED) is 0.817. The van der Waals surface area contributed by atoms with Crippen LogP contribution in [0.4, 0.5) is 5.82 Å². The third-order valence-corrected chi connectivity index (χ3v) is 2.72. The Morgan fingerprint density at radius 2 is 2.40 bits per heavy atom. The maximum Gasteiger partial charge on any atom is 0.290 e. The lowest BCUT2D eigenvalue weighted by Crippen LogP contribution is -2.14. The van der Waals surface area contributed by atoms with Crippen LogP contribution in [0.5, 0.6) is 0 Å². The van der Waals surface area contributed by atoms with Gasteiger partial charge in [-0.3, -0.25) is 4.79 Å². The van der Waals surface area contributed by atoms with E-state index in [9.17, 15) is 4.79 Å². The number of aryl methyl sites for hydroxylation is 1. The largest absolute Gasteiger partial charge is 0.361 e. The number of anilines is 1. The van der Waals surface area contributed by atoms with Gasteiger partial charge in [-0.15, -0.1) is 11.3 Å². The number of nitrogens with one attached hydrogen (secondary N) is 2. The van der Waals surface area contributed by atoms with Crippen LogP contribution in [-0.2, 0) is 6.54 Å². The normalized spacial score (nSPS) is 10.2. The molecule has 2 N–H and O–H groups in total. The van der Waals surface area contributed by atoms with Gasteiger partial charge in [0.15, 0.2) is 5.82 Å². The van der Waals surface area contributed by atoms with Crippen molar-refractivity contribution in [2.75, 3.05) is 5.32 Å². The molecule has 0 aliphatic carbocycles. The van der Waals surface area contributed by atoms with E-state index in [1.165, 1.54) is 6.20 Å². The molecule has 2 aromatic heterocycles. The van der Waals surface area contributed by atoms with Crippen molar-refractivity contribution in [3.63, 3.8) is 0 Å². The van der Waals surface area contributed by atoms with E-state index in [0.717, 1.165) is 9.88 Å². The van der Waals surface area contributed by atoms with Gasteiger partial charge in [-0.05, 0) is 6.92 Å². The molecule has 0 saturated carbocycles.